The van der Waals surface area contributed by atoms with Crippen LogP contribution in [-0.4, -0.2) is 53.4 Å². The quantitative estimate of drug-likeness (QED) is 0.637. The van der Waals surface area contributed by atoms with Crippen LogP contribution in [0.25, 0.3) is 11.1 Å². The average molecular weight is 505 g/mol. The number of hydrogen-bond acceptors (Lipinski definition) is 6. The van der Waals surface area contributed by atoms with Gasteiger partial charge in [-0.05, 0) is 81.4 Å². The first-order chi connectivity index (χ1) is 17.4. The molecule has 0 saturated carbocycles. The van der Waals surface area contributed by atoms with E-state index in [1.54, 1.807) is 29.2 Å². The van der Waals surface area contributed by atoms with Crippen molar-refractivity contribution in [2.75, 3.05) is 0 Å². The van der Waals surface area contributed by atoms with Crippen LogP contribution in [0.15, 0.2) is 36.4 Å². The first-order valence-corrected chi connectivity index (χ1v) is 12.4. The largest absolute Gasteiger partial charge is 0.495 e. The first-order valence-electron chi connectivity index (χ1n) is 12.4. The lowest BCUT2D eigenvalue weighted by molar-refractivity contribution is 0.00578. The number of ether oxygens (including phenoxy) is 1. The summed E-state index contributed by atoms with van der Waals surface area (Å²) in [7, 11) is -0.737. The topological polar surface area (TPSA) is 115 Å². The van der Waals surface area contributed by atoms with E-state index >= 15 is 0 Å². The minimum Gasteiger partial charge on any atom is -0.444 e. The molecular weight excluding hydrogens is 476 g/mol. The van der Waals surface area contributed by atoms with E-state index in [2.05, 4.69) is 0 Å². The second-order valence-corrected chi connectivity index (χ2v) is 10.9. The van der Waals surface area contributed by atoms with Crippen molar-refractivity contribution >= 4 is 24.6 Å². The molecule has 2 aromatic rings. The third-order valence-corrected chi connectivity index (χ3v) is 8.19. The third-order valence-electron chi connectivity index (χ3n) is 8.19. The van der Waals surface area contributed by atoms with Gasteiger partial charge in [0.25, 0.3) is 5.91 Å². The summed E-state index contributed by atoms with van der Waals surface area (Å²) < 4.78 is 32.4. The monoisotopic (exact) mass is 505 g/mol. The van der Waals surface area contributed by atoms with Gasteiger partial charge in [0.05, 0.1) is 22.8 Å². The van der Waals surface area contributed by atoms with Crippen molar-refractivity contribution < 1.29 is 28.0 Å². The predicted octanol–water partition coefficient (Wildman–Crippen LogP) is 3.50. The molecule has 192 valence electrons. The number of nitriles is 1. The summed E-state index contributed by atoms with van der Waals surface area (Å²) in [5.41, 5.74) is 6.11. The van der Waals surface area contributed by atoms with E-state index in [-0.39, 0.29) is 23.6 Å². The summed E-state index contributed by atoms with van der Waals surface area (Å²) in [5, 5.41) is 9.17. The van der Waals surface area contributed by atoms with Crippen molar-refractivity contribution in [1.29, 1.82) is 5.26 Å². The number of primary amides is 1. The SMILES string of the molecule is CC1(C)OB(c2ccc(C(=O)N3[C@@H]4CC[C@H]3[C@@H](OC(N)=O)C4)cc2-c2ccc(C#N)c(F)c2)OC1(C)C. The number of hydrogen-bond donors (Lipinski definition) is 1. The number of nitrogens with two attached hydrogens (primary N) is 1. The minimum absolute atomic E-state index is 0.0413. The van der Waals surface area contributed by atoms with Crippen LogP contribution in [-0.2, 0) is 14.0 Å². The van der Waals surface area contributed by atoms with Gasteiger partial charge in [0.15, 0.2) is 0 Å². The van der Waals surface area contributed by atoms with E-state index in [9.17, 15) is 19.2 Å². The molecule has 2 amide bonds. The van der Waals surface area contributed by atoms with E-state index in [0.717, 1.165) is 12.8 Å². The smallest absolute Gasteiger partial charge is 0.444 e. The van der Waals surface area contributed by atoms with Gasteiger partial charge >= 0.3 is 13.2 Å². The van der Waals surface area contributed by atoms with Crippen LogP contribution in [0, 0.1) is 17.1 Å². The molecular formula is C27H29BFN3O5. The normalized spacial score (nSPS) is 25.2. The zero-order valence-corrected chi connectivity index (χ0v) is 21.3. The number of benzene rings is 2. The molecule has 3 aliphatic rings. The fourth-order valence-corrected chi connectivity index (χ4v) is 5.56. The number of nitrogens with zero attached hydrogens (tertiary/aromatic N) is 2. The van der Waals surface area contributed by atoms with Crippen molar-refractivity contribution in [2.45, 2.75) is 76.3 Å². The Labute approximate surface area is 215 Å². The number of carbonyl (C=O) groups excluding carboxylic acids is 2. The number of carbonyl (C=O) groups is 2. The molecule has 2 N–H and O–H groups in total. The van der Waals surface area contributed by atoms with Gasteiger partial charge in [-0.15, -0.1) is 0 Å². The number of amides is 2. The number of fused-ring (bicyclic) bond motifs is 2. The zero-order chi connectivity index (χ0) is 26.7. The average Bonchev–Trinajstić information content (AvgIpc) is 3.46. The van der Waals surface area contributed by atoms with Crippen molar-refractivity contribution in [1.82, 2.24) is 4.90 Å². The molecule has 3 saturated heterocycles. The Hall–Kier alpha value is -3.42. The van der Waals surface area contributed by atoms with E-state index in [0.29, 0.717) is 28.6 Å². The van der Waals surface area contributed by atoms with Crippen LogP contribution < -0.4 is 11.2 Å². The van der Waals surface area contributed by atoms with Gasteiger partial charge in [-0.2, -0.15) is 5.26 Å². The maximum absolute atomic E-state index is 14.6. The van der Waals surface area contributed by atoms with Gasteiger partial charge < -0.3 is 24.7 Å². The minimum atomic E-state index is -0.846. The number of halogens is 1. The van der Waals surface area contributed by atoms with Crippen LogP contribution in [0.1, 0.15) is 62.9 Å². The molecule has 0 aromatic heterocycles. The summed E-state index contributed by atoms with van der Waals surface area (Å²) >= 11 is 0. The van der Waals surface area contributed by atoms with Crippen molar-refractivity contribution in [3.8, 4) is 17.2 Å². The second kappa shape index (κ2) is 8.86. The van der Waals surface area contributed by atoms with E-state index in [1.165, 1.54) is 12.1 Å². The summed E-state index contributed by atoms with van der Waals surface area (Å²) in [4.78, 5) is 26.8. The molecule has 37 heavy (non-hydrogen) atoms. The van der Waals surface area contributed by atoms with Gasteiger partial charge in [-0.25, -0.2) is 9.18 Å². The Morgan fingerprint density at radius 2 is 1.84 bits per heavy atom. The first kappa shape index (κ1) is 25.2. The second-order valence-electron chi connectivity index (χ2n) is 10.9. The highest BCUT2D eigenvalue weighted by Crippen LogP contribution is 2.41. The lowest BCUT2D eigenvalue weighted by Crippen LogP contribution is -2.41. The third kappa shape index (κ3) is 4.26. The molecule has 10 heteroatoms. The maximum Gasteiger partial charge on any atom is 0.495 e. The molecule has 8 nitrogen and oxygen atoms in total. The summed E-state index contributed by atoms with van der Waals surface area (Å²) in [5.74, 6) is -0.848. The molecule has 5 rings (SSSR count). The summed E-state index contributed by atoms with van der Waals surface area (Å²) in [6.45, 7) is 7.78. The van der Waals surface area contributed by atoms with Gasteiger partial charge in [0, 0.05) is 18.0 Å². The van der Waals surface area contributed by atoms with E-state index in [1.807, 2.05) is 33.8 Å². The molecule has 3 heterocycles. The zero-order valence-electron chi connectivity index (χ0n) is 21.3. The standard InChI is InChI=1S/C27H29BFN3O5/c1-26(2)27(3,4)37-28(36-26)20-9-7-16(11-19(20)15-5-6-17(14-30)21(29)12-15)24(33)32-18-8-10-22(32)23(13-18)35-25(31)34/h5-7,9,11-12,18,22-23H,8,10,13H2,1-4H3,(H2,31,34)/t18-,22+,23+/m1/s1. The van der Waals surface area contributed by atoms with E-state index < -0.39 is 36.3 Å². The highest BCUT2D eigenvalue weighted by Gasteiger charge is 2.53. The lowest BCUT2D eigenvalue weighted by Gasteiger charge is -2.32. The molecule has 3 atom stereocenters. The molecule has 3 aliphatic heterocycles. The molecule has 2 aromatic carbocycles. The molecule has 0 radical (unpaired) electrons. The fourth-order valence-electron chi connectivity index (χ4n) is 5.56. The molecule has 3 fully saturated rings. The van der Waals surface area contributed by atoms with Gasteiger partial charge in [0.1, 0.15) is 18.0 Å². The summed E-state index contributed by atoms with van der Waals surface area (Å²) in [6, 6.07) is 11.1. The summed E-state index contributed by atoms with van der Waals surface area (Å²) in [6.07, 6.45) is 0.847. The molecule has 0 spiro atoms. The van der Waals surface area contributed by atoms with Crippen molar-refractivity contribution in [3.63, 3.8) is 0 Å². The maximum atomic E-state index is 14.6. The van der Waals surface area contributed by atoms with Crippen molar-refractivity contribution in [2.24, 2.45) is 5.73 Å². The fraction of sp³-hybridized carbons (Fsp3) is 0.444. The Bertz CT molecular complexity index is 1310. The van der Waals surface area contributed by atoms with Crippen LogP contribution >= 0.6 is 0 Å². The molecule has 0 aliphatic carbocycles. The Kier molecular flexibility index (Phi) is 6.04. The van der Waals surface area contributed by atoms with E-state index in [4.69, 9.17) is 19.8 Å². The Morgan fingerprint density at radius 3 is 2.46 bits per heavy atom. The Morgan fingerprint density at radius 1 is 1.14 bits per heavy atom. The highest BCUT2D eigenvalue weighted by molar-refractivity contribution is 6.64. The van der Waals surface area contributed by atoms with Crippen LogP contribution in [0.2, 0.25) is 0 Å². The van der Waals surface area contributed by atoms with Gasteiger partial charge in [-0.1, -0.05) is 12.1 Å². The number of rotatable bonds is 4. The predicted molar refractivity (Wildman–Crippen MR) is 134 cm³/mol. The van der Waals surface area contributed by atoms with Gasteiger partial charge in [0.2, 0.25) is 0 Å². The lowest BCUT2D eigenvalue weighted by atomic mass is 9.73. The van der Waals surface area contributed by atoms with Crippen molar-refractivity contribution in [3.05, 3.63) is 53.3 Å². The van der Waals surface area contributed by atoms with Crippen LogP contribution in [0.4, 0.5) is 9.18 Å². The van der Waals surface area contributed by atoms with Gasteiger partial charge in [-0.3, -0.25) is 4.79 Å². The molecule has 2 bridgehead atoms. The molecule has 0 unspecified atom stereocenters. The highest BCUT2D eigenvalue weighted by atomic mass is 19.1. The van der Waals surface area contributed by atoms with Crippen LogP contribution in [0.5, 0.6) is 0 Å². The van der Waals surface area contributed by atoms with Crippen LogP contribution in [0.3, 0.4) is 0 Å². The Balaban J connectivity index is 1.54.